The second-order valence-corrected chi connectivity index (χ2v) is 7.08. The normalized spacial score (nSPS) is 12.0. The Bertz CT molecular complexity index is 1230. The number of nitro benzene ring substituents is 2. The number of hydrogen-bond acceptors (Lipinski definition) is 7. The van der Waals surface area contributed by atoms with Gasteiger partial charge in [-0.15, -0.1) is 0 Å². The van der Waals surface area contributed by atoms with Gasteiger partial charge in [0.15, 0.2) is 4.80 Å². The van der Waals surface area contributed by atoms with Gasteiger partial charge in [0.1, 0.15) is 0 Å². The maximum absolute atomic E-state index is 12.3. The van der Waals surface area contributed by atoms with Gasteiger partial charge in [0.25, 0.3) is 17.3 Å². The molecule has 0 aliphatic carbocycles. The molecule has 10 nitrogen and oxygen atoms in total. The van der Waals surface area contributed by atoms with Gasteiger partial charge in [-0.25, -0.2) is 0 Å². The van der Waals surface area contributed by atoms with Gasteiger partial charge in [-0.2, -0.15) is 4.99 Å². The summed E-state index contributed by atoms with van der Waals surface area (Å²) in [4.78, 5) is 37.7. The van der Waals surface area contributed by atoms with Gasteiger partial charge >= 0.3 is 0 Å². The minimum atomic E-state index is -0.561. The molecule has 0 radical (unpaired) electrons. The van der Waals surface area contributed by atoms with E-state index in [2.05, 4.69) is 4.99 Å². The number of rotatable bonds is 7. The van der Waals surface area contributed by atoms with Crippen LogP contribution < -0.4 is 4.80 Å². The molecule has 0 saturated carbocycles. The molecule has 1 amide bonds. The molecule has 0 atom stereocenters. The van der Waals surface area contributed by atoms with Crippen LogP contribution in [0.5, 0.6) is 0 Å². The van der Waals surface area contributed by atoms with E-state index in [9.17, 15) is 25.0 Å². The Kier molecular flexibility index (Phi) is 6.45. The van der Waals surface area contributed by atoms with Crippen LogP contribution in [-0.4, -0.2) is 34.0 Å². The molecule has 0 saturated heterocycles. The topological polar surface area (TPSA) is 130 Å². The molecule has 1 aromatic heterocycles. The number of carbonyl (C=O) groups excluding carboxylic acids is 1. The lowest BCUT2D eigenvalue weighted by Gasteiger charge is -2.03. The molecule has 30 heavy (non-hydrogen) atoms. The number of fused-ring (bicyclic) bond motifs is 1. The molecule has 3 aromatic rings. The number of carbonyl (C=O) groups is 1. The molecule has 11 heteroatoms. The van der Waals surface area contributed by atoms with Crippen molar-refractivity contribution in [1.82, 2.24) is 4.57 Å². The highest BCUT2D eigenvalue weighted by Crippen LogP contribution is 2.23. The Morgan fingerprint density at radius 2 is 1.90 bits per heavy atom. The zero-order valence-electron chi connectivity index (χ0n) is 15.8. The lowest BCUT2D eigenvalue weighted by molar-refractivity contribution is -0.385. The molecule has 154 valence electrons. The number of methoxy groups -OCH3 is 1. The zero-order chi connectivity index (χ0) is 21.7. The lowest BCUT2D eigenvalue weighted by Crippen LogP contribution is -2.19. The third-order valence-corrected chi connectivity index (χ3v) is 5.16. The van der Waals surface area contributed by atoms with Crippen LogP contribution in [0.25, 0.3) is 16.3 Å². The third-order valence-electron chi connectivity index (χ3n) is 4.10. The zero-order valence-corrected chi connectivity index (χ0v) is 16.6. The van der Waals surface area contributed by atoms with Crippen molar-refractivity contribution in [3.63, 3.8) is 0 Å². The van der Waals surface area contributed by atoms with E-state index < -0.39 is 15.8 Å². The molecule has 2 aromatic carbocycles. The van der Waals surface area contributed by atoms with E-state index in [0.717, 1.165) is 4.70 Å². The summed E-state index contributed by atoms with van der Waals surface area (Å²) in [6.45, 7) is 0.692. The highest BCUT2D eigenvalue weighted by atomic mass is 32.1. The number of amides is 1. The van der Waals surface area contributed by atoms with Crippen LogP contribution in [-0.2, 0) is 16.1 Å². The predicted molar refractivity (Wildman–Crippen MR) is 111 cm³/mol. The van der Waals surface area contributed by atoms with Crippen molar-refractivity contribution in [2.45, 2.75) is 6.54 Å². The maximum Gasteiger partial charge on any atom is 0.272 e. The Morgan fingerprint density at radius 1 is 1.17 bits per heavy atom. The second kappa shape index (κ2) is 9.20. The Morgan fingerprint density at radius 3 is 2.60 bits per heavy atom. The van der Waals surface area contributed by atoms with E-state index in [4.69, 9.17) is 4.74 Å². The number of hydrogen-bond donors (Lipinski definition) is 0. The molecular weight excluding hydrogens is 412 g/mol. The minimum absolute atomic E-state index is 0.0603. The van der Waals surface area contributed by atoms with Gasteiger partial charge in [0.05, 0.1) is 26.7 Å². The molecule has 0 aliphatic rings. The number of non-ortho nitro benzene ring substituents is 2. The lowest BCUT2D eigenvalue weighted by atomic mass is 10.2. The summed E-state index contributed by atoms with van der Waals surface area (Å²) in [6.07, 6.45) is 2.66. The van der Waals surface area contributed by atoms with Gasteiger partial charge in [0.2, 0.25) is 0 Å². The first-order valence-corrected chi connectivity index (χ1v) is 9.48. The van der Waals surface area contributed by atoms with E-state index in [0.29, 0.717) is 29.0 Å². The second-order valence-electron chi connectivity index (χ2n) is 6.07. The van der Waals surface area contributed by atoms with Crippen molar-refractivity contribution in [3.05, 3.63) is 79.1 Å². The molecule has 0 bridgehead atoms. The summed E-state index contributed by atoms with van der Waals surface area (Å²) >= 11 is 1.23. The van der Waals surface area contributed by atoms with Crippen LogP contribution in [0.4, 0.5) is 11.4 Å². The van der Waals surface area contributed by atoms with Gasteiger partial charge in [-0.3, -0.25) is 25.0 Å². The van der Waals surface area contributed by atoms with Crippen LogP contribution in [0.3, 0.4) is 0 Å². The van der Waals surface area contributed by atoms with E-state index in [1.807, 2.05) is 0 Å². The minimum Gasteiger partial charge on any atom is -0.383 e. The first-order chi connectivity index (χ1) is 14.4. The first-order valence-electron chi connectivity index (χ1n) is 8.67. The van der Waals surface area contributed by atoms with E-state index in [1.54, 1.807) is 16.7 Å². The smallest absolute Gasteiger partial charge is 0.272 e. The van der Waals surface area contributed by atoms with E-state index in [1.165, 1.54) is 60.9 Å². The fourth-order valence-electron chi connectivity index (χ4n) is 2.70. The van der Waals surface area contributed by atoms with E-state index >= 15 is 0 Å². The predicted octanol–water partition coefficient (Wildman–Crippen LogP) is 3.31. The van der Waals surface area contributed by atoms with Gasteiger partial charge in [-0.05, 0) is 17.7 Å². The highest BCUT2D eigenvalue weighted by molar-refractivity contribution is 7.16. The molecule has 0 aliphatic heterocycles. The summed E-state index contributed by atoms with van der Waals surface area (Å²) in [6, 6.07) is 10.3. The average molecular weight is 428 g/mol. The summed E-state index contributed by atoms with van der Waals surface area (Å²) in [5.41, 5.74) is 0.937. The molecule has 3 rings (SSSR count). The van der Waals surface area contributed by atoms with Crippen molar-refractivity contribution in [3.8, 4) is 0 Å². The van der Waals surface area contributed by atoms with Crippen molar-refractivity contribution < 1.29 is 19.4 Å². The summed E-state index contributed by atoms with van der Waals surface area (Å²) in [5.74, 6) is -0.561. The average Bonchev–Trinajstić information content (AvgIpc) is 3.06. The van der Waals surface area contributed by atoms with Crippen molar-refractivity contribution >= 4 is 44.9 Å². The number of ether oxygens (including phenoxy) is 1. The van der Waals surface area contributed by atoms with Crippen LogP contribution >= 0.6 is 11.3 Å². The van der Waals surface area contributed by atoms with Crippen molar-refractivity contribution in [2.75, 3.05) is 13.7 Å². The van der Waals surface area contributed by atoms with Crippen LogP contribution in [0.2, 0.25) is 0 Å². The Hall–Kier alpha value is -3.70. The molecule has 0 N–H and O–H groups in total. The Labute approximate surface area is 173 Å². The first kappa shape index (κ1) is 21.0. The summed E-state index contributed by atoms with van der Waals surface area (Å²) in [7, 11) is 1.53. The number of nitro groups is 2. The molecular formula is C19H16N4O6S. The standard InChI is InChI=1S/C19H16N4O6S/c1-29-10-9-21-16-12-15(23(27)28)6-7-17(16)30-19(21)20-18(24)8-5-13-3-2-4-14(11-13)22(25)26/h2-8,11-12H,9-10H2,1H3. The maximum atomic E-state index is 12.3. The number of benzene rings is 2. The largest absolute Gasteiger partial charge is 0.383 e. The fourth-order valence-corrected chi connectivity index (χ4v) is 3.74. The van der Waals surface area contributed by atoms with E-state index in [-0.39, 0.29) is 11.4 Å². The molecule has 0 fully saturated rings. The van der Waals surface area contributed by atoms with Gasteiger partial charge < -0.3 is 9.30 Å². The SMILES string of the molecule is COCCn1c(=NC(=O)C=Cc2cccc([N+](=O)[O-])c2)sc2ccc([N+](=O)[O-])cc21. The quantitative estimate of drug-likeness (QED) is 0.322. The fraction of sp³-hybridized carbons (Fsp3) is 0.158. The number of thiazole rings is 1. The molecule has 0 unspecified atom stereocenters. The van der Waals surface area contributed by atoms with Crippen LogP contribution in [0.1, 0.15) is 5.56 Å². The summed E-state index contributed by atoms with van der Waals surface area (Å²) < 4.78 is 7.52. The van der Waals surface area contributed by atoms with Crippen molar-refractivity contribution in [2.24, 2.45) is 4.99 Å². The monoisotopic (exact) mass is 428 g/mol. The Balaban J connectivity index is 1.97. The number of nitrogens with zero attached hydrogens (tertiary/aromatic N) is 4. The van der Waals surface area contributed by atoms with Crippen LogP contribution in [0, 0.1) is 20.2 Å². The van der Waals surface area contributed by atoms with Gasteiger partial charge in [0, 0.05) is 44.0 Å². The van der Waals surface area contributed by atoms with Crippen molar-refractivity contribution in [1.29, 1.82) is 0 Å². The highest BCUT2D eigenvalue weighted by Gasteiger charge is 2.12. The van der Waals surface area contributed by atoms with Crippen LogP contribution in [0.15, 0.2) is 53.5 Å². The molecule has 1 heterocycles. The van der Waals surface area contributed by atoms with Gasteiger partial charge in [-0.1, -0.05) is 23.5 Å². The third kappa shape index (κ3) is 4.82. The summed E-state index contributed by atoms with van der Waals surface area (Å²) in [5, 5.41) is 21.9. The molecule has 0 spiro atoms. The number of aromatic nitrogens is 1.